The number of carbonyl (C=O) groups excluding carboxylic acids is 2. The highest BCUT2D eigenvalue weighted by molar-refractivity contribution is 7.13. The van der Waals surface area contributed by atoms with Crippen LogP contribution in [-0.2, 0) is 10.2 Å². The van der Waals surface area contributed by atoms with Gasteiger partial charge in [0.1, 0.15) is 5.01 Å². The Morgan fingerprint density at radius 1 is 0.917 bits per heavy atom. The molecule has 5 nitrogen and oxygen atoms in total. The number of likely N-dealkylation sites (tertiary alicyclic amines) is 1. The van der Waals surface area contributed by atoms with Crippen LogP contribution < -0.4 is 5.32 Å². The van der Waals surface area contributed by atoms with Crippen LogP contribution in [0, 0.1) is 0 Å². The lowest BCUT2D eigenvalue weighted by Crippen LogP contribution is -2.53. The molecule has 0 aliphatic carbocycles. The summed E-state index contributed by atoms with van der Waals surface area (Å²) >= 11 is 1.58. The lowest BCUT2D eigenvalue weighted by atomic mass is 9.71. The number of hydrogen-bond acceptors (Lipinski definition) is 4. The van der Waals surface area contributed by atoms with Gasteiger partial charge in [0.05, 0.1) is 11.5 Å². The topological polar surface area (TPSA) is 62.3 Å². The second kappa shape index (κ2) is 10.5. The van der Waals surface area contributed by atoms with E-state index in [2.05, 4.69) is 10.3 Å². The number of carbonyl (C=O) groups is 2. The minimum Gasteiger partial charge on any atom is -0.349 e. The highest BCUT2D eigenvalue weighted by Crippen LogP contribution is 2.37. The van der Waals surface area contributed by atoms with Gasteiger partial charge in [0.2, 0.25) is 5.91 Å². The van der Waals surface area contributed by atoms with Crippen LogP contribution in [-0.4, -0.2) is 34.8 Å². The van der Waals surface area contributed by atoms with E-state index in [4.69, 9.17) is 0 Å². The Labute approximate surface area is 215 Å². The van der Waals surface area contributed by atoms with Crippen molar-refractivity contribution in [3.8, 4) is 10.6 Å². The lowest BCUT2D eigenvalue weighted by molar-refractivity contribution is -0.129. The van der Waals surface area contributed by atoms with Gasteiger partial charge in [-0.2, -0.15) is 0 Å². The molecule has 0 saturated carbocycles. The van der Waals surface area contributed by atoms with E-state index in [1.54, 1.807) is 17.5 Å². The van der Waals surface area contributed by atoms with Gasteiger partial charge in [-0.25, -0.2) is 4.98 Å². The van der Waals surface area contributed by atoms with Crippen molar-refractivity contribution in [2.24, 2.45) is 0 Å². The molecule has 0 spiro atoms. The summed E-state index contributed by atoms with van der Waals surface area (Å²) in [5.74, 6) is 0.0189. The van der Waals surface area contributed by atoms with E-state index < -0.39 is 5.41 Å². The Kier molecular flexibility index (Phi) is 6.96. The van der Waals surface area contributed by atoms with Gasteiger partial charge in [0.15, 0.2) is 0 Å². The Hall–Kier alpha value is -3.77. The van der Waals surface area contributed by atoms with E-state index in [1.807, 2.05) is 102 Å². The number of nitrogens with one attached hydrogen (secondary N) is 1. The molecule has 1 N–H and O–H groups in total. The van der Waals surface area contributed by atoms with Gasteiger partial charge >= 0.3 is 0 Å². The monoisotopic (exact) mass is 495 g/mol. The van der Waals surface area contributed by atoms with Crippen LogP contribution in [0.4, 0.5) is 0 Å². The van der Waals surface area contributed by atoms with Crippen molar-refractivity contribution < 1.29 is 9.59 Å². The molecular formula is C30H29N3O2S. The molecule has 1 aliphatic rings. The zero-order valence-corrected chi connectivity index (χ0v) is 21.1. The van der Waals surface area contributed by atoms with Gasteiger partial charge < -0.3 is 10.2 Å². The Bertz CT molecular complexity index is 1300. The maximum Gasteiger partial charge on any atom is 0.253 e. The van der Waals surface area contributed by atoms with Gasteiger partial charge in [0, 0.05) is 35.8 Å². The molecule has 0 bridgehead atoms. The fourth-order valence-electron chi connectivity index (χ4n) is 4.96. The maximum atomic E-state index is 13.8. The molecule has 36 heavy (non-hydrogen) atoms. The van der Waals surface area contributed by atoms with Crippen molar-refractivity contribution in [1.82, 2.24) is 15.2 Å². The Morgan fingerprint density at radius 3 is 2.17 bits per heavy atom. The summed E-state index contributed by atoms with van der Waals surface area (Å²) in [6.45, 7) is 3.06. The third kappa shape index (κ3) is 4.82. The first kappa shape index (κ1) is 23.9. The minimum absolute atomic E-state index is 0.000382. The summed E-state index contributed by atoms with van der Waals surface area (Å²) in [4.78, 5) is 33.3. The van der Waals surface area contributed by atoms with E-state index in [0.717, 1.165) is 21.7 Å². The number of benzene rings is 3. The molecule has 1 saturated heterocycles. The van der Waals surface area contributed by atoms with Gasteiger partial charge in [-0.1, -0.05) is 72.8 Å². The fourth-order valence-corrected chi connectivity index (χ4v) is 5.60. The predicted octanol–water partition coefficient (Wildman–Crippen LogP) is 5.86. The smallest absolute Gasteiger partial charge is 0.253 e. The molecule has 1 atom stereocenters. The third-order valence-electron chi connectivity index (χ3n) is 7.12. The SMILES string of the molecule is C[C@H](NC(=O)C1(c2ccccc2)CCN(C(=O)c2ccc(-c3nccs3)cc2)CC1)c1ccccc1. The predicted molar refractivity (Wildman–Crippen MR) is 144 cm³/mol. The molecule has 5 rings (SSSR count). The molecule has 0 unspecified atom stereocenters. The Balaban J connectivity index is 1.32. The summed E-state index contributed by atoms with van der Waals surface area (Å²) in [6, 6.07) is 27.5. The summed E-state index contributed by atoms with van der Waals surface area (Å²) < 4.78 is 0. The van der Waals surface area contributed by atoms with Crippen molar-refractivity contribution >= 4 is 23.2 Å². The quantitative estimate of drug-likeness (QED) is 0.364. The normalized spacial score (nSPS) is 15.8. The molecular weight excluding hydrogens is 466 g/mol. The number of rotatable bonds is 6. The molecule has 2 heterocycles. The average molecular weight is 496 g/mol. The van der Waals surface area contributed by atoms with Crippen molar-refractivity contribution in [3.63, 3.8) is 0 Å². The van der Waals surface area contributed by atoms with Gasteiger partial charge in [-0.3, -0.25) is 9.59 Å². The number of amides is 2. The first-order chi connectivity index (χ1) is 17.6. The van der Waals surface area contributed by atoms with Crippen LogP contribution >= 0.6 is 11.3 Å². The number of hydrogen-bond donors (Lipinski definition) is 1. The van der Waals surface area contributed by atoms with Crippen LogP contribution in [0.3, 0.4) is 0 Å². The molecule has 4 aromatic rings. The maximum absolute atomic E-state index is 13.8. The van der Waals surface area contributed by atoms with Gasteiger partial charge in [-0.05, 0) is 43.0 Å². The zero-order chi connectivity index (χ0) is 25.0. The van der Waals surface area contributed by atoms with Crippen LogP contribution in [0.2, 0.25) is 0 Å². The van der Waals surface area contributed by atoms with Crippen LogP contribution in [0.1, 0.15) is 47.3 Å². The van der Waals surface area contributed by atoms with Crippen molar-refractivity contribution in [2.75, 3.05) is 13.1 Å². The summed E-state index contributed by atoms with van der Waals surface area (Å²) in [5, 5.41) is 6.14. The van der Waals surface area contributed by atoms with Crippen molar-refractivity contribution in [2.45, 2.75) is 31.2 Å². The summed E-state index contributed by atoms with van der Waals surface area (Å²) in [6.07, 6.45) is 2.93. The second-order valence-corrected chi connectivity index (χ2v) is 10.2. The standard InChI is InChI=1S/C30H29N3O2S/c1-22(23-8-4-2-5-9-23)32-29(35)30(26-10-6-3-7-11-26)16-19-33(20-17-30)28(34)25-14-12-24(13-15-25)27-31-18-21-36-27/h2-15,18,21-22H,16-17,19-20H2,1H3,(H,32,35)/t22-/m0/s1. The molecule has 182 valence electrons. The number of thiazole rings is 1. The molecule has 1 aliphatic heterocycles. The summed E-state index contributed by atoms with van der Waals surface area (Å²) in [7, 11) is 0. The van der Waals surface area contributed by atoms with E-state index in [9.17, 15) is 9.59 Å². The number of aromatic nitrogens is 1. The van der Waals surface area contributed by atoms with Crippen LogP contribution in [0.15, 0.2) is 96.5 Å². The fraction of sp³-hybridized carbons (Fsp3) is 0.233. The molecule has 1 aromatic heterocycles. The van der Waals surface area contributed by atoms with Crippen molar-refractivity contribution in [3.05, 3.63) is 113 Å². The Morgan fingerprint density at radius 2 is 1.56 bits per heavy atom. The van der Waals surface area contributed by atoms with E-state index >= 15 is 0 Å². The molecule has 2 amide bonds. The van der Waals surface area contributed by atoms with Crippen LogP contribution in [0.25, 0.3) is 10.6 Å². The third-order valence-corrected chi connectivity index (χ3v) is 7.95. The van der Waals surface area contributed by atoms with Gasteiger partial charge in [-0.15, -0.1) is 11.3 Å². The number of nitrogens with zero attached hydrogens (tertiary/aromatic N) is 2. The zero-order valence-electron chi connectivity index (χ0n) is 20.3. The highest BCUT2D eigenvalue weighted by Gasteiger charge is 2.44. The molecule has 1 fully saturated rings. The first-order valence-electron chi connectivity index (χ1n) is 12.3. The van der Waals surface area contributed by atoms with Crippen LogP contribution in [0.5, 0.6) is 0 Å². The van der Waals surface area contributed by atoms with E-state index in [1.165, 1.54) is 0 Å². The van der Waals surface area contributed by atoms with Gasteiger partial charge in [0.25, 0.3) is 5.91 Å². The summed E-state index contributed by atoms with van der Waals surface area (Å²) in [5.41, 5.74) is 3.07. The lowest BCUT2D eigenvalue weighted by Gasteiger charge is -2.41. The average Bonchev–Trinajstić information content (AvgIpc) is 3.49. The van der Waals surface area contributed by atoms with E-state index in [0.29, 0.717) is 31.5 Å². The minimum atomic E-state index is -0.671. The first-order valence-corrected chi connectivity index (χ1v) is 13.2. The largest absolute Gasteiger partial charge is 0.349 e. The molecule has 6 heteroatoms. The van der Waals surface area contributed by atoms with E-state index in [-0.39, 0.29) is 17.9 Å². The van der Waals surface area contributed by atoms with Crippen molar-refractivity contribution in [1.29, 1.82) is 0 Å². The molecule has 3 aromatic carbocycles. The second-order valence-electron chi connectivity index (χ2n) is 9.26. The molecule has 0 radical (unpaired) electrons. The number of piperidine rings is 1. The highest BCUT2D eigenvalue weighted by atomic mass is 32.1.